The van der Waals surface area contributed by atoms with Crippen molar-refractivity contribution < 1.29 is 9.53 Å². The number of rotatable bonds is 5. The third-order valence-corrected chi connectivity index (χ3v) is 6.98. The highest BCUT2D eigenvalue weighted by Gasteiger charge is 2.33. The summed E-state index contributed by atoms with van der Waals surface area (Å²) >= 11 is 1.38. The largest absolute Gasteiger partial charge is 0.370 e. The van der Waals surface area contributed by atoms with E-state index in [1.165, 1.54) is 11.3 Å². The molecule has 2 fully saturated rings. The van der Waals surface area contributed by atoms with E-state index in [4.69, 9.17) is 9.72 Å². The molecule has 2 aliphatic rings. The van der Waals surface area contributed by atoms with Crippen molar-refractivity contribution >= 4 is 32.7 Å². The van der Waals surface area contributed by atoms with E-state index in [9.17, 15) is 9.59 Å². The number of carbonyl (C=O) groups is 1. The van der Waals surface area contributed by atoms with E-state index in [-0.39, 0.29) is 23.6 Å². The molecule has 5 rings (SSSR count). The Kier molecular flexibility index (Phi) is 5.45. The fourth-order valence-corrected chi connectivity index (χ4v) is 5.34. The molecule has 0 spiro atoms. The van der Waals surface area contributed by atoms with Gasteiger partial charge >= 0.3 is 0 Å². The lowest BCUT2D eigenvalue weighted by Crippen LogP contribution is -2.43. The molecule has 0 aliphatic carbocycles. The number of ether oxygens (including phenoxy) is 1. The number of carbonyl (C=O) groups excluding carboxylic acids is 1. The van der Waals surface area contributed by atoms with E-state index in [2.05, 4.69) is 10.3 Å². The molecule has 2 unspecified atom stereocenters. The predicted molar refractivity (Wildman–Crippen MR) is 119 cm³/mol. The van der Waals surface area contributed by atoms with Gasteiger partial charge in [-0.25, -0.2) is 9.97 Å². The Bertz CT molecular complexity index is 1150. The number of amides is 1. The number of anilines is 1. The molecule has 0 radical (unpaired) electrons. The maximum absolute atomic E-state index is 12.9. The van der Waals surface area contributed by atoms with Crippen LogP contribution in [0.3, 0.4) is 0 Å². The van der Waals surface area contributed by atoms with Crippen LogP contribution in [0.1, 0.15) is 43.2 Å². The first-order chi connectivity index (χ1) is 15.1. The summed E-state index contributed by atoms with van der Waals surface area (Å²) in [7, 11) is 1.72. The molecule has 2 aliphatic heterocycles. The Hall–Kier alpha value is -2.78. The summed E-state index contributed by atoms with van der Waals surface area (Å²) in [5, 5.41) is 3.72. The van der Waals surface area contributed by atoms with Gasteiger partial charge in [0.1, 0.15) is 18.0 Å². The normalized spacial score (nSPS) is 21.1. The molecule has 3 aromatic rings. The number of thiazole rings is 1. The van der Waals surface area contributed by atoms with Crippen molar-refractivity contribution in [1.29, 1.82) is 0 Å². The van der Waals surface area contributed by atoms with Crippen LogP contribution in [0.2, 0.25) is 0 Å². The summed E-state index contributed by atoms with van der Waals surface area (Å²) in [4.78, 5) is 37.8. The van der Waals surface area contributed by atoms with Gasteiger partial charge in [0.2, 0.25) is 5.91 Å². The zero-order valence-corrected chi connectivity index (χ0v) is 18.2. The summed E-state index contributed by atoms with van der Waals surface area (Å²) in [5.41, 5.74) is 1.26. The lowest BCUT2D eigenvalue weighted by atomic mass is 10.2. The summed E-state index contributed by atoms with van der Waals surface area (Å²) in [6, 6.07) is 9.58. The van der Waals surface area contributed by atoms with Crippen molar-refractivity contribution in [2.45, 2.75) is 44.4 Å². The van der Waals surface area contributed by atoms with Gasteiger partial charge in [0.05, 0.1) is 0 Å². The third kappa shape index (κ3) is 3.83. The first kappa shape index (κ1) is 20.1. The first-order valence-corrected chi connectivity index (χ1v) is 11.5. The molecule has 162 valence electrons. The quantitative estimate of drug-likeness (QED) is 0.657. The summed E-state index contributed by atoms with van der Waals surface area (Å²) in [6.07, 6.45) is 3.37. The number of benzene rings is 1. The minimum absolute atomic E-state index is 0.0125. The highest BCUT2D eigenvalue weighted by Crippen LogP contribution is 2.33. The molecule has 8 nitrogen and oxygen atoms in total. The SMILES string of the molecule is Cn1c(C2CCCO2)nc2sc(N3CCCC3C(=O)NCc3ccccc3)nc2c1=O. The molecule has 2 aromatic heterocycles. The van der Waals surface area contributed by atoms with Gasteiger partial charge in [-0.2, -0.15) is 0 Å². The second-order valence-electron chi connectivity index (χ2n) is 8.04. The molecule has 1 aromatic carbocycles. The Balaban J connectivity index is 1.39. The molecule has 1 amide bonds. The minimum atomic E-state index is -0.286. The van der Waals surface area contributed by atoms with Gasteiger partial charge in [0.25, 0.3) is 5.56 Å². The van der Waals surface area contributed by atoms with Crippen LogP contribution in [0.5, 0.6) is 0 Å². The fourth-order valence-electron chi connectivity index (χ4n) is 4.32. The van der Waals surface area contributed by atoms with E-state index in [0.29, 0.717) is 34.5 Å². The number of nitrogens with zero attached hydrogens (tertiary/aromatic N) is 4. The van der Waals surface area contributed by atoms with Crippen molar-refractivity contribution in [2.75, 3.05) is 18.1 Å². The Labute approximate surface area is 183 Å². The van der Waals surface area contributed by atoms with Crippen LogP contribution in [0, 0.1) is 0 Å². The summed E-state index contributed by atoms with van der Waals surface area (Å²) in [5.74, 6) is 0.644. The number of hydrogen-bond donors (Lipinski definition) is 1. The number of aromatic nitrogens is 3. The standard InChI is InChI=1S/C22H25N5O3S/c1-26-18(16-10-6-12-30-16)25-20-17(21(26)29)24-22(31-20)27-11-5-9-15(27)19(28)23-13-14-7-3-2-4-8-14/h2-4,7-8,15-16H,5-6,9-13H2,1H3,(H,23,28). The molecule has 0 bridgehead atoms. The van der Waals surface area contributed by atoms with Crippen LogP contribution in [0.15, 0.2) is 35.1 Å². The van der Waals surface area contributed by atoms with E-state index in [1.54, 1.807) is 11.6 Å². The van der Waals surface area contributed by atoms with E-state index >= 15 is 0 Å². The van der Waals surface area contributed by atoms with E-state index in [0.717, 1.165) is 37.8 Å². The predicted octanol–water partition coefficient (Wildman–Crippen LogP) is 2.53. The van der Waals surface area contributed by atoms with Crippen molar-refractivity contribution in [2.24, 2.45) is 7.05 Å². The van der Waals surface area contributed by atoms with Gasteiger partial charge in [0, 0.05) is 26.7 Å². The molecule has 2 atom stereocenters. The maximum atomic E-state index is 12.9. The summed E-state index contributed by atoms with van der Waals surface area (Å²) in [6.45, 7) is 1.93. The van der Waals surface area contributed by atoms with Gasteiger partial charge in [-0.05, 0) is 31.2 Å². The lowest BCUT2D eigenvalue weighted by Gasteiger charge is -2.23. The van der Waals surface area contributed by atoms with Gasteiger partial charge in [0.15, 0.2) is 15.5 Å². The van der Waals surface area contributed by atoms with Crippen molar-refractivity contribution in [3.63, 3.8) is 0 Å². The Morgan fingerprint density at radius 3 is 2.84 bits per heavy atom. The fraction of sp³-hybridized carbons (Fsp3) is 0.455. The highest BCUT2D eigenvalue weighted by atomic mass is 32.1. The van der Waals surface area contributed by atoms with Crippen LogP contribution >= 0.6 is 11.3 Å². The van der Waals surface area contributed by atoms with Crippen molar-refractivity contribution in [3.8, 4) is 0 Å². The van der Waals surface area contributed by atoms with E-state index < -0.39 is 0 Å². The molecule has 9 heteroatoms. The molecule has 4 heterocycles. The van der Waals surface area contributed by atoms with Gasteiger partial charge in [-0.15, -0.1) is 0 Å². The topological polar surface area (TPSA) is 89.3 Å². The third-order valence-electron chi connectivity index (χ3n) is 5.99. The van der Waals surface area contributed by atoms with Crippen LogP contribution < -0.4 is 15.8 Å². The molecular formula is C22H25N5O3S. The van der Waals surface area contributed by atoms with Crippen LogP contribution in [-0.2, 0) is 23.1 Å². The van der Waals surface area contributed by atoms with Crippen LogP contribution in [-0.4, -0.2) is 39.6 Å². The smallest absolute Gasteiger partial charge is 0.280 e. The Morgan fingerprint density at radius 2 is 2.06 bits per heavy atom. The molecule has 2 saturated heterocycles. The molecule has 31 heavy (non-hydrogen) atoms. The average molecular weight is 440 g/mol. The van der Waals surface area contributed by atoms with Crippen molar-refractivity contribution in [3.05, 3.63) is 52.1 Å². The van der Waals surface area contributed by atoms with Gasteiger partial charge in [-0.1, -0.05) is 41.7 Å². The minimum Gasteiger partial charge on any atom is -0.370 e. The average Bonchev–Trinajstić information content (AvgIpc) is 3.55. The van der Waals surface area contributed by atoms with Crippen molar-refractivity contribution in [1.82, 2.24) is 19.9 Å². The zero-order chi connectivity index (χ0) is 21.4. The van der Waals surface area contributed by atoms with Crippen LogP contribution in [0.25, 0.3) is 10.3 Å². The first-order valence-electron chi connectivity index (χ1n) is 10.7. The maximum Gasteiger partial charge on any atom is 0.280 e. The van der Waals surface area contributed by atoms with E-state index in [1.807, 2.05) is 35.2 Å². The summed E-state index contributed by atoms with van der Waals surface area (Å²) < 4.78 is 7.29. The van der Waals surface area contributed by atoms with Gasteiger partial charge < -0.3 is 15.0 Å². The molecule has 1 N–H and O–H groups in total. The van der Waals surface area contributed by atoms with Crippen LogP contribution in [0.4, 0.5) is 5.13 Å². The number of nitrogens with one attached hydrogen (secondary N) is 1. The second-order valence-corrected chi connectivity index (χ2v) is 9.00. The molecular weight excluding hydrogens is 414 g/mol. The number of fused-ring (bicyclic) bond motifs is 1. The molecule has 0 saturated carbocycles. The van der Waals surface area contributed by atoms with Gasteiger partial charge in [-0.3, -0.25) is 14.2 Å². The number of hydrogen-bond acceptors (Lipinski definition) is 7. The Morgan fingerprint density at radius 1 is 1.23 bits per heavy atom. The monoisotopic (exact) mass is 439 g/mol. The zero-order valence-electron chi connectivity index (χ0n) is 17.4. The highest BCUT2D eigenvalue weighted by molar-refractivity contribution is 7.21. The lowest BCUT2D eigenvalue weighted by molar-refractivity contribution is -0.122. The second kappa shape index (κ2) is 8.39.